The van der Waals surface area contributed by atoms with Crippen LogP contribution >= 0.6 is 0 Å². The van der Waals surface area contributed by atoms with Crippen molar-refractivity contribution in [3.63, 3.8) is 0 Å². The Bertz CT molecular complexity index is 410. The average Bonchev–Trinajstić information content (AvgIpc) is 2.65. The fourth-order valence-corrected chi connectivity index (χ4v) is 3.06. The molecule has 0 aromatic rings. The highest BCUT2D eigenvalue weighted by atomic mass is 16.5. The van der Waals surface area contributed by atoms with Crippen molar-refractivity contribution in [2.75, 3.05) is 6.61 Å². The lowest BCUT2D eigenvalue weighted by atomic mass is 10.0. The van der Waals surface area contributed by atoms with Gasteiger partial charge >= 0.3 is 5.97 Å². The van der Waals surface area contributed by atoms with Crippen molar-refractivity contribution in [1.82, 2.24) is 0 Å². The molecule has 0 amide bonds. The van der Waals surface area contributed by atoms with E-state index in [1.165, 1.54) is 89.2 Å². The molecule has 0 rings (SSSR count). The third kappa shape index (κ3) is 20.8. The summed E-state index contributed by atoms with van der Waals surface area (Å²) in [5.74, 6) is -0.246. The summed E-state index contributed by atoms with van der Waals surface area (Å²) in [6, 6.07) is 0. The molecule has 0 unspecified atom stereocenters. The highest BCUT2D eigenvalue weighted by molar-refractivity contribution is 5.90. The van der Waals surface area contributed by atoms with Gasteiger partial charge in [0.05, 0.1) is 6.61 Å². The van der Waals surface area contributed by atoms with Crippen LogP contribution in [-0.4, -0.2) is 18.4 Å². The van der Waals surface area contributed by atoms with Gasteiger partial charge in [0, 0.05) is 12.5 Å². The molecule has 0 saturated carbocycles. The largest absolute Gasteiger partial charge is 0.463 e. The Hall–Kier alpha value is -1.38. The van der Waals surface area contributed by atoms with E-state index in [0.29, 0.717) is 13.0 Å². The molecule has 0 bridgehead atoms. The predicted molar refractivity (Wildman–Crippen MR) is 115 cm³/mol. The van der Waals surface area contributed by atoms with Gasteiger partial charge in [-0.2, -0.15) is 0 Å². The van der Waals surface area contributed by atoms with E-state index in [1.807, 2.05) is 0 Å². The lowest BCUT2D eigenvalue weighted by Gasteiger charge is -2.03. The smallest absolute Gasteiger partial charge is 0.330 e. The summed E-state index contributed by atoms with van der Waals surface area (Å²) in [6.07, 6.45) is 25.1. The summed E-state index contributed by atoms with van der Waals surface area (Å²) in [7, 11) is 0. The van der Waals surface area contributed by atoms with Gasteiger partial charge < -0.3 is 4.74 Å². The van der Waals surface area contributed by atoms with Crippen LogP contribution in [-0.2, 0) is 14.3 Å². The first-order chi connectivity index (χ1) is 13.2. The normalized spacial score (nSPS) is 11.5. The average molecular weight is 379 g/mol. The fraction of sp³-hybridized carbons (Fsp3) is 0.750. The van der Waals surface area contributed by atoms with Crippen molar-refractivity contribution in [1.29, 1.82) is 0 Å². The number of hydrogen-bond acceptors (Lipinski definition) is 3. The second kappa shape index (κ2) is 20.9. The first kappa shape index (κ1) is 25.6. The molecule has 0 spiro atoms. The van der Waals surface area contributed by atoms with Crippen LogP contribution in [0.2, 0.25) is 0 Å². The molecule has 0 fully saturated rings. The third-order valence-corrected chi connectivity index (χ3v) is 4.69. The minimum atomic E-state index is -0.374. The van der Waals surface area contributed by atoms with Gasteiger partial charge in [-0.15, -0.1) is 0 Å². The standard InChI is InChI=1S/C24H42O3/c1-3-5-6-7-8-9-10-11-12-13-14-15-16-17-20-23(25)21-18-19-22-24(26)27-4-2/h18-19,21-22H,3-17,20H2,1-2H3. The number of carbonyl (C=O) groups is 2. The third-order valence-electron chi connectivity index (χ3n) is 4.69. The maximum atomic E-state index is 11.7. The van der Waals surface area contributed by atoms with Crippen LogP contribution in [0.3, 0.4) is 0 Å². The van der Waals surface area contributed by atoms with E-state index in [0.717, 1.165) is 12.8 Å². The van der Waals surface area contributed by atoms with Gasteiger partial charge in [-0.25, -0.2) is 4.79 Å². The molecule has 0 atom stereocenters. The van der Waals surface area contributed by atoms with Crippen molar-refractivity contribution in [3.05, 3.63) is 24.3 Å². The molecule has 0 aromatic heterocycles. The molecule has 0 N–H and O–H groups in total. The van der Waals surface area contributed by atoms with Gasteiger partial charge in [0.1, 0.15) is 0 Å². The van der Waals surface area contributed by atoms with Crippen LogP contribution in [0.4, 0.5) is 0 Å². The van der Waals surface area contributed by atoms with Crippen LogP contribution in [0.1, 0.15) is 110 Å². The highest BCUT2D eigenvalue weighted by Gasteiger charge is 1.98. The Balaban J connectivity index is 3.34. The van der Waals surface area contributed by atoms with Gasteiger partial charge in [0.25, 0.3) is 0 Å². The van der Waals surface area contributed by atoms with Gasteiger partial charge in [0.15, 0.2) is 5.78 Å². The van der Waals surface area contributed by atoms with Crippen molar-refractivity contribution >= 4 is 11.8 Å². The Morgan fingerprint density at radius 3 is 1.56 bits per heavy atom. The Kier molecular flexibility index (Phi) is 19.9. The van der Waals surface area contributed by atoms with E-state index in [1.54, 1.807) is 19.1 Å². The number of carbonyl (C=O) groups excluding carboxylic acids is 2. The lowest BCUT2D eigenvalue weighted by Crippen LogP contribution is -1.98. The number of ether oxygens (including phenoxy) is 1. The van der Waals surface area contributed by atoms with Crippen molar-refractivity contribution < 1.29 is 14.3 Å². The summed E-state index contributed by atoms with van der Waals surface area (Å²) in [5, 5.41) is 0. The van der Waals surface area contributed by atoms with Gasteiger partial charge in [-0.1, -0.05) is 103 Å². The molecule has 0 aliphatic rings. The Morgan fingerprint density at radius 1 is 0.630 bits per heavy atom. The number of ketones is 1. The second-order valence-electron chi connectivity index (χ2n) is 7.28. The van der Waals surface area contributed by atoms with E-state index in [-0.39, 0.29) is 11.8 Å². The van der Waals surface area contributed by atoms with Gasteiger partial charge in [-0.3, -0.25) is 4.79 Å². The SMILES string of the molecule is CCCCCCCCCCCCCCCCC(=O)C=CC=CC(=O)OCC. The number of esters is 1. The summed E-state index contributed by atoms with van der Waals surface area (Å²) < 4.78 is 4.76. The molecule has 0 heterocycles. The molecule has 0 aromatic carbocycles. The Labute approximate surface area is 167 Å². The molecular weight excluding hydrogens is 336 g/mol. The van der Waals surface area contributed by atoms with Gasteiger partial charge in [-0.05, 0) is 19.4 Å². The summed E-state index contributed by atoms with van der Waals surface area (Å²) in [6.45, 7) is 4.40. The van der Waals surface area contributed by atoms with Crippen LogP contribution in [0.15, 0.2) is 24.3 Å². The second-order valence-corrected chi connectivity index (χ2v) is 7.28. The van der Waals surface area contributed by atoms with Crippen molar-refractivity contribution in [2.45, 2.75) is 110 Å². The van der Waals surface area contributed by atoms with Crippen LogP contribution in [0.25, 0.3) is 0 Å². The highest BCUT2D eigenvalue weighted by Crippen LogP contribution is 2.13. The first-order valence-electron chi connectivity index (χ1n) is 11.2. The first-order valence-corrected chi connectivity index (χ1v) is 11.2. The minimum absolute atomic E-state index is 0.127. The zero-order valence-corrected chi connectivity index (χ0v) is 17.8. The molecule has 0 radical (unpaired) electrons. The quantitative estimate of drug-likeness (QED) is 0.104. The van der Waals surface area contributed by atoms with Crippen molar-refractivity contribution in [3.8, 4) is 0 Å². The number of rotatable bonds is 19. The number of unbranched alkanes of at least 4 members (excludes halogenated alkanes) is 13. The van der Waals surface area contributed by atoms with E-state index in [2.05, 4.69) is 6.92 Å². The summed E-state index contributed by atoms with van der Waals surface area (Å²) >= 11 is 0. The zero-order chi connectivity index (χ0) is 20.0. The molecule has 27 heavy (non-hydrogen) atoms. The van der Waals surface area contributed by atoms with Crippen LogP contribution < -0.4 is 0 Å². The molecule has 156 valence electrons. The molecule has 3 heteroatoms. The van der Waals surface area contributed by atoms with Crippen LogP contribution in [0, 0.1) is 0 Å². The molecule has 0 saturated heterocycles. The molecule has 0 aliphatic heterocycles. The Morgan fingerprint density at radius 2 is 1.07 bits per heavy atom. The molecular formula is C24H42O3. The summed E-state index contributed by atoms with van der Waals surface area (Å²) in [4.78, 5) is 22.8. The fourth-order valence-electron chi connectivity index (χ4n) is 3.06. The molecule has 0 aliphatic carbocycles. The monoisotopic (exact) mass is 378 g/mol. The van der Waals surface area contributed by atoms with E-state index >= 15 is 0 Å². The van der Waals surface area contributed by atoms with Crippen molar-refractivity contribution in [2.24, 2.45) is 0 Å². The lowest BCUT2D eigenvalue weighted by molar-refractivity contribution is -0.137. The zero-order valence-electron chi connectivity index (χ0n) is 17.8. The minimum Gasteiger partial charge on any atom is -0.463 e. The molecule has 3 nitrogen and oxygen atoms in total. The van der Waals surface area contributed by atoms with E-state index in [4.69, 9.17) is 4.74 Å². The number of hydrogen-bond donors (Lipinski definition) is 0. The maximum absolute atomic E-state index is 11.7. The summed E-state index contributed by atoms with van der Waals surface area (Å²) in [5.41, 5.74) is 0. The van der Waals surface area contributed by atoms with Crippen LogP contribution in [0.5, 0.6) is 0 Å². The van der Waals surface area contributed by atoms with Gasteiger partial charge in [0.2, 0.25) is 0 Å². The predicted octanol–water partition coefficient (Wildman–Crippen LogP) is 7.10. The number of allylic oxidation sites excluding steroid dienone is 3. The van der Waals surface area contributed by atoms with E-state index in [9.17, 15) is 9.59 Å². The topological polar surface area (TPSA) is 43.4 Å². The maximum Gasteiger partial charge on any atom is 0.330 e. The van der Waals surface area contributed by atoms with E-state index < -0.39 is 0 Å².